The van der Waals surface area contributed by atoms with Crippen molar-refractivity contribution in [1.29, 1.82) is 0 Å². The molecule has 1 aromatic heterocycles. The fraction of sp³-hybridized carbons (Fsp3) is 0.261. The van der Waals surface area contributed by atoms with Crippen molar-refractivity contribution in [3.8, 4) is 11.1 Å². The summed E-state index contributed by atoms with van der Waals surface area (Å²) in [5.41, 5.74) is 5.60. The Labute approximate surface area is 173 Å². The number of ether oxygens (including phenoxy) is 1. The fourth-order valence-electron chi connectivity index (χ4n) is 4.17. The number of carboxylic acids is 1. The van der Waals surface area contributed by atoms with Gasteiger partial charge >= 0.3 is 12.1 Å². The lowest BCUT2D eigenvalue weighted by molar-refractivity contribution is -0.137. The minimum Gasteiger partial charge on any atom is -0.481 e. The van der Waals surface area contributed by atoms with Gasteiger partial charge in [0, 0.05) is 11.5 Å². The first-order valence-corrected chi connectivity index (χ1v) is 9.71. The van der Waals surface area contributed by atoms with E-state index in [-0.39, 0.29) is 18.9 Å². The van der Waals surface area contributed by atoms with Crippen LogP contribution in [0.5, 0.6) is 0 Å². The van der Waals surface area contributed by atoms with Crippen LogP contribution >= 0.6 is 0 Å². The van der Waals surface area contributed by atoms with E-state index in [1.54, 1.807) is 13.8 Å². The molecular formula is C23H22N2O5. The molecule has 0 saturated carbocycles. The van der Waals surface area contributed by atoms with Crippen LogP contribution in [0.3, 0.4) is 0 Å². The minimum atomic E-state index is -1.04. The zero-order valence-electron chi connectivity index (χ0n) is 16.7. The normalized spacial score (nSPS) is 13.4. The minimum absolute atomic E-state index is 0.0693. The number of fused-ring (bicyclic) bond motifs is 3. The lowest BCUT2D eigenvalue weighted by Gasteiger charge is -2.19. The molecule has 3 aromatic rings. The van der Waals surface area contributed by atoms with Gasteiger partial charge in [0.2, 0.25) is 0 Å². The first-order valence-electron chi connectivity index (χ1n) is 9.71. The van der Waals surface area contributed by atoms with Gasteiger partial charge in [0.25, 0.3) is 0 Å². The number of aliphatic carboxylic acids is 1. The van der Waals surface area contributed by atoms with Gasteiger partial charge in [0.05, 0.1) is 18.2 Å². The summed E-state index contributed by atoms with van der Waals surface area (Å²) in [6.45, 7) is 3.55. The molecule has 1 aliphatic rings. The summed E-state index contributed by atoms with van der Waals surface area (Å²) < 4.78 is 10.7. The van der Waals surface area contributed by atoms with Gasteiger partial charge in [0.1, 0.15) is 12.4 Å². The van der Waals surface area contributed by atoms with Gasteiger partial charge in [0.15, 0.2) is 0 Å². The average Bonchev–Trinajstić information content (AvgIpc) is 3.22. The van der Waals surface area contributed by atoms with Crippen molar-refractivity contribution in [1.82, 2.24) is 10.5 Å². The Morgan fingerprint density at radius 3 is 2.23 bits per heavy atom. The maximum Gasteiger partial charge on any atom is 0.407 e. The molecular weight excluding hydrogens is 384 g/mol. The zero-order valence-corrected chi connectivity index (χ0v) is 16.7. The second kappa shape index (κ2) is 8.02. The molecule has 1 aliphatic carbocycles. The quantitative estimate of drug-likeness (QED) is 0.631. The second-order valence-electron chi connectivity index (χ2n) is 7.36. The summed E-state index contributed by atoms with van der Waals surface area (Å²) in [4.78, 5) is 23.9. The number of nitrogens with zero attached hydrogens (tertiary/aromatic N) is 1. The Morgan fingerprint density at radius 2 is 1.70 bits per heavy atom. The number of hydrogen-bond donors (Lipinski definition) is 2. The van der Waals surface area contributed by atoms with E-state index in [1.165, 1.54) is 0 Å². The Morgan fingerprint density at radius 1 is 1.10 bits per heavy atom. The number of aryl methyl sites for hydroxylation is 2. The van der Waals surface area contributed by atoms with Gasteiger partial charge < -0.3 is 19.7 Å². The number of carbonyl (C=O) groups is 2. The largest absolute Gasteiger partial charge is 0.481 e. The van der Waals surface area contributed by atoms with E-state index < -0.39 is 18.1 Å². The summed E-state index contributed by atoms with van der Waals surface area (Å²) in [7, 11) is 0. The number of rotatable bonds is 6. The van der Waals surface area contributed by atoms with Gasteiger partial charge in [-0.3, -0.25) is 4.79 Å². The smallest absolute Gasteiger partial charge is 0.407 e. The highest BCUT2D eigenvalue weighted by Gasteiger charge is 2.30. The third kappa shape index (κ3) is 3.66. The van der Waals surface area contributed by atoms with Gasteiger partial charge in [-0.1, -0.05) is 53.7 Å². The third-order valence-corrected chi connectivity index (χ3v) is 5.45. The van der Waals surface area contributed by atoms with Crippen LogP contribution in [-0.4, -0.2) is 28.9 Å². The van der Waals surface area contributed by atoms with E-state index in [0.29, 0.717) is 17.0 Å². The molecule has 7 heteroatoms. The Kier molecular flexibility index (Phi) is 5.27. The molecule has 0 bridgehead atoms. The highest BCUT2D eigenvalue weighted by molar-refractivity contribution is 5.79. The molecule has 0 fully saturated rings. The molecule has 0 unspecified atom stereocenters. The molecule has 0 spiro atoms. The summed E-state index contributed by atoms with van der Waals surface area (Å²) in [5.74, 6) is -0.642. The van der Waals surface area contributed by atoms with Crippen LogP contribution in [0.15, 0.2) is 53.1 Å². The predicted molar refractivity (Wildman–Crippen MR) is 109 cm³/mol. The molecule has 7 nitrogen and oxygen atoms in total. The Hall–Kier alpha value is -3.61. The summed E-state index contributed by atoms with van der Waals surface area (Å²) in [5, 5.41) is 15.8. The van der Waals surface area contributed by atoms with Gasteiger partial charge in [-0.25, -0.2) is 4.79 Å². The highest BCUT2D eigenvalue weighted by Crippen LogP contribution is 2.44. The van der Waals surface area contributed by atoms with Crippen molar-refractivity contribution in [2.45, 2.75) is 32.2 Å². The fourth-order valence-corrected chi connectivity index (χ4v) is 4.17. The number of benzene rings is 2. The van der Waals surface area contributed by atoms with Crippen LogP contribution in [0.2, 0.25) is 0 Å². The highest BCUT2D eigenvalue weighted by atomic mass is 16.5. The van der Waals surface area contributed by atoms with Crippen LogP contribution in [0, 0.1) is 13.8 Å². The van der Waals surface area contributed by atoms with Gasteiger partial charge in [-0.05, 0) is 36.1 Å². The number of hydrogen-bond acceptors (Lipinski definition) is 5. The average molecular weight is 406 g/mol. The number of alkyl carbamates (subject to hydrolysis) is 1. The van der Waals surface area contributed by atoms with Crippen LogP contribution in [-0.2, 0) is 9.53 Å². The standard InChI is InChI=1S/C23H22N2O5/c1-13-22(14(2)30-25-13)20(11-21(26)27)24-23(28)29-12-19-17-9-5-3-7-15(17)16-8-4-6-10-18(16)19/h3-10,19-20H,11-12H2,1-2H3,(H,24,28)(H,26,27)/t20-/m0/s1. The van der Waals surface area contributed by atoms with Crippen molar-refractivity contribution in [3.63, 3.8) is 0 Å². The number of amides is 1. The first-order chi connectivity index (χ1) is 14.5. The number of nitrogens with one attached hydrogen (secondary N) is 1. The Bertz CT molecular complexity index is 1040. The molecule has 0 aliphatic heterocycles. The van der Waals surface area contributed by atoms with Crippen molar-refractivity contribution in [2.75, 3.05) is 6.61 Å². The SMILES string of the molecule is Cc1noc(C)c1[C@H](CC(=O)O)NC(=O)OCC1c2ccccc2-c2ccccc21. The number of carboxylic acid groups (broad SMARTS) is 1. The molecule has 1 atom stereocenters. The van der Waals surface area contributed by atoms with Crippen LogP contribution < -0.4 is 5.32 Å². The van der Waals surface area contributed by atoms with Crippen LogP contribution in [0.4, 0.5) is 4.79 Å². The Balaban J connectivity index is 1.50. The van der Waals surface area contributed by atoms with Crippen LogP contribution in [0.25, 0.3) is 11.1 Å². The maximum absolute atomic E-state index is 12.6. The van der Waals surface area contributed by atoms with Crippen molar-refractivity contribution in [2.24, 2.45) is 0 Å². The summed E-state index contributed by atoms with van der Waals surface area (Å²) in [6, 6.07) is 15.3. The molecule has 4 rings (SSSR count). The first kappa shape index (κ1) is 19.7. The monoisotopic (exact) mass is 406 g/mol. The molecule has 2 N–H and O–H groups in total. The molecule has 0 saturated heterocycles. The lowest BCUT2D eigenvalue weighted by atomic mass is 9.98. The molecule has 1 heterocycles. The number of carbonyl (C=O) groups excluding carboxylic acids is 1. The van der Waals surface area contributed by atoms with Crippen LogP contribution in [0.1, 0.15) is 46.5 Å². The van der Waals surface area contributed by atoms with E-state index in [4.69, 9.17) is 9.26 Å². The van der Waals surface area contributed by atoms with Gasteiger partial charge in [-0.2, -0.15) is 0 Å². The zero-order chi connectivity index (χ0) is 21.3. The van der Waals surface area contributed by atoms with Gasteiger partial charge in [-0.15, -0.1) is 0 Å². The van der Waals surface area contributed by atoms with E-state index in [2.05, 4.69) is 22.6 Å². The number of aromatic nitrogens is 1. The van der Waals surface area contributed by atoms with Crippen molar-refractivity contribution >= 4 is 12.1 Å². The van der Waals surface area contributed by atoms with E-state index in [0.717, 1.165) is 22.3 Å². The third-order valence-electron chi connectivity index (χ3n) is 5.45. The molecule has 0 radical (unpaired) electrons. The molecule has 154 valence electrons. The van der Waals surface area contributed by atoms with E-state index in [1.807, 2.05) is 36.4 Å². The van der Waals surface area contributed by atoms with Crippen molar-refractivity contribution in [3.05, 3.63) is 76.7 Å². The van der Waals surface area contributed by atoms with Crippen molar-refractivity contribution < 1.29 is 24.0 Å². The topological polar surface area (TPSA) is 102 Å². The molecule has 1 amide bonds. The van der Waals surface area contributed by atoms with E-state index >= 15 is 0 Å². The molecule has 30 heavy (non-hydrogen) atoms. The second-order valence-corrected chi connectivity index (χ2v) is 7.36. The molecule has 2 aromatic carbocycles. The summed E-state index contributed by atoms with van der Waals surface area (Å²) in [6.07, 6.45) is -0.976. The predicted octanol–water partition coefficient (Wildman–Crippen LogP) is 4.35. The summed E-state index contributed by atoms with van der Waals surface area (Å²) >= 11 is 0. The lowest BCUT2D eigenvalue weighted by Crippen LogP contribution is -2.32. The maximum atomic E-state index is 12.6. The van der Waals surface area contributed by atoms with E-state index in [9.17, 15) is 14.7 Å².